The average Bonchev–Trinajstić information content (AvgIpc) is 3.66. The van der Waals surface area contributed by atoms with E-state index in [0.717, 1.165) is 45.5 Å². The topological polar surface area (TPSA) is 201 Å². The van der Waals surface area contributed by atoms with E-state index in [9.17, 15) is 29.4 Å². The van der Waals surface area contributed by atoms with Crippen LogP contribution in [0.15, 0.2) is 125 Å². The molecule has 7 rings (SSSR count). The van der Waals surface area contributed by atoms with Crippen LogP contribution in [0, 0.1) is 0 Å². The van der Waals surface area contributed by atoms with Crippen LogP contribution in [0.3, 0.4) is 0 Å². The number of carbonyl (C=O) groups excluding carboxylic acids is 2. The van der Waals surface area contributed by atoms with Gasteiger partial charge >= 0.3 is 5.97 Å². The summed E-state index contributed by atoms with van der Waals surface area (Å²) in [6.45, 7) is 1.74. The van der Waals surface area contributed by atoms with Gasteiger partial charge in [0.2, 0.25) is 22.1 Å². The number of β-lactam (4-membered cyclic amide) rings is 1. The number of anilines is 1. The molecule has 2 aliphatic rings. The standard InChI is InChI=1S/C37H32N8O7S2/c1-2-52-42-28(32(48)39-29-33(49)45-30(35(50)51)22(21-53-34(29)45)19-44-20-27(47)26(46)18-38-44)31-40-36(54-43-31)41-37(23-12-6-3-7-13-23,24-14-8-4-9-15-24)25-16-10-5-11-17-25/h3-18,20,29,34,47H,2,19,21H2,1H3,(H,39,48)(H,50,51)(H,40,41,43)/b42-28+/t29-,34-/m1/s1. The summed E-state index contributed by atoms with van der Waals surface area (Å²) in [6.07, 6.45) is 2.00. The van der Waals surface area contributed by atoms with E-state index in [1.807, 2.05) is 91.0 Å². The summed E-state index contributed by atoms with van der Waals surface area (Å²) in [6, 6.07) is 28.6. The van der Waals surface area contributed by atoms with Crippen LogP contribution in [0.5, 0.6) is 5.75 Å². The number of aromatic nitrogens is 4. The van der Waals surface area contributed by atoms with Crippen molar-refractivity contribution in [1.82, 2.24) is 29.4 Å². The van der Waals surface area contributed by atoms with Gasteiger partial charge in [0, 0.05) is 17.3 Å². The third-order valence-corrected chi connectivity index (χ3v) is 10.8. The van der Waals surface area contributed by atoms with Crippen LogP contribution in [0.1, 0.15) is 29.4 Å². The zero-order chi connectivity index (χ0) is 37.8. The predicted molar refractivity (Wildman–Crippen MR) is 201 cm³/mol. The van der Waals surface area contributed by atoms with Gasteiger partial charge in [0.05, 0.1) is 18.9 Å². The van der Waals surface area contributed by atoms with Gasteiger partial charge in [0.15, 0.2) is 5.75 Å². The first-order valence-electron chi connectivity index (χ1n) is 16.7. The Labute approximate surface area is 316 Å². The number of rotatable bonds is 13. The molecule has 17 heteroatoms. The molecule has 54 heavy (non-hydrogen) atoms. The number of hydrogen-bond donors (Lipinski definition) is 4. The Kier molecular flexibility index (Phi) is 10.2. The second kappa shape index (κ2) is 15.3. The molecular weight excluding hydrogens is 733 g/mol. The third kappa shape index (κ3) is 6.81. The van der Waals surface area contributed by atoms with Crippen LogP contribution in [0.2, 0.25) is 0 Å². The molecule has 2 aliphatic heterocycles. The fourth-order valence-electron chi connectivity index (χ4n) is 6.35. The van der Waals surface area contributed by atoms with Crippen LogP contribution >= 0.6 is 23.3 Å². The predicted octanol–water partition coefficient (Wildman–Crippen LogP) is 3.38. The summed E-state index contributed by atoms with van der Waals surface area (Å²) in [5.74, 6) is -3.19. The normalized spacial score (nSPS) is 17.0. The second-order valence-corrected chi connectivity index (χ2v) is 13.9. The van der Waals surface area contributed by atoms with Crippen molar-refractivity contribution in [2.45, 2.75) is 30.4 Å². The highest BCUT2D eigenvalue weighted by Gasteiger charge is 2.54. The number of fused-ring (bicyclic) bond motifs is 1. The summed E-state index contributed by atoms with van der Waals surface area (Å²) < 4.78 is 5.68. The fourth-order valence-corrected chi connectivity index (χ4v) is 8.31. The van der Waals surface area contributed by atoms with Crippen molar-refractivity contribution in [1.29, 1.82) is 0 Å². The van der Waals surface area contributed by atoms with Crippen molar-refractivity contribution in [2.24, 2.45) is 5.16 Å². The SMILES string of the molecule is CCO/N=C(/C(=O)N[C@@H]1C(=O)N2C(C(=O)O)=C(Cn3cc(O)c(=O)cn3)CS[C@H]12)c1nsc(NC(c2ccccc2)(c2ccccc2)c2ccccc2)n1. The van der Waals surface area contributed by atoms with Gasteiger partial charge in [-0.3, -0.25) is 24.0 Å². The number of aliphatic carboxylic acids is 1. The second-order valence-electron chi connectivity index (χ2n) is 12.1. The van der Waals surface area contributed by atoms with Gasteiger partial charge in [-0.25, -0.2) is 4.79 Å². The Morgan fingerprint density at radius 3 is 2.15 bits per heavy atom. The maximum atomic E-state index is 13.8. The summed E-state index contributed by atoms with van der Waals surface area (Å²) in [7, 11) is 0. The van der Waals surface area contributed by atoms with Crippen LogP contribution in [-0.2, 0) is 31.3 Å². The van der Waals surface area contributed by atoms with Gasteiger partial charge in [-0.1, -0.05) is 96.2 Å². The first-order valence-corrected chi connectivity index (χ1v) is 18.5. The number of amides is 2. The highest BCUT2D eigenvalue weighted by Crippen LogP contribution is 2.42. The van der Waals surface area contributed by atoms with Crippen molar-refractivity contribution in [2.75, 3.05) is 17.7 Å². The van der Waals surface area contributed by atoms with E-state index in [2.05, 4.69) is 30.2 Å². The fraction of sp³-hybridized carbons (Fsp3) is 0.189. The monoisotopic (exact) mass is 764 g/mol. The molecule has 15 nitrogen and oxygen atoms in total. The Morgan fingerprint density at radius 1 is 0.981 bits per heavy atom. The Hall–Kier alpha value is -6.33. The molecule has 0 bridgehead atoms. The van der Waals surface area contributed by atoms with E-state index >= 15 is 0 Å². The largest absolute Gasteiger partial charge is 0.503 e. The van der Waals surface area contributed by atoms with E-state index in [1.54, 1.807) is 6.92 Å². The molecule has 0 saturated carbocycles. The van der Waals surface area contributed by atoms with Crippen LogP contribution < -0.4 is 16.1 Å². The number of carboxylic acid groups (broad SMARTS) is 1. The van der Waals surface area contributed by atoms with Gasteiger partial charge < -0.3 is 25.7 Å². The van der Waals surface area contributed by atoms with Gasteiger partial charge in [-0.2, -0.15) is 14.5 Å². The molecule has 4 heterocycles. The smallest absolute Gasteiger partial charge is 0.352 e. The van der Waals surface area contributed by atoms with E-state index in [0.29, 0.717) is 10.7 Å². The molecule has 0 spiro atoms. The van der Waals surface area contributed by atoms with Gasteiger partial charge in [-0.05, 0) is 29.2 Å². The lowest BCUT2D eigenvalue weighted by molar-refractivity contribution is -0.150. The Balaban J connectivity index is 1.15. The molecule has 0 unspecified atom stereocenters. The minimum absolute atomic E-state index is 0.0401. The zero-order valence-electron chi connectivity index (χ0n) is 28.5. The number of hydrogen-bond acceptors (Lipinski definition) is 13. The molecule has 3 aromatic carbocycles. The third-order valence-electron chi connectivity index (χ3n) is 8.79. The number of nitrogens with zero attached hydrogens (tertiary/aromatic N) is 6. The van der Waals surface area contributed by atoms with Crippen LogP contribution in [0.4, 0.5) is 5.13 Å². The van der Waals surface area contributed by atoms with E-state index in [4.69, 9.17) is 4.84 Å². The van der Waals surface area contributed by atoms with E-state index in [1.165, 1.54) is 16.4 Å². The number of benzene rings is 3. The molecule has 2 atom stereocenters. The van der Waals surface area contributed by atoms with Crippen molar-refractivity contribution >= 4 is 51.9 Å². The number of nitrogens with one attached hydrogen (secondary N) is 2. The highest BCUT2D eigenvalue weighted by molar-refractivity contribution is 8.00. The average molecular weight is 765 g/mol. The maximum absolute atomic E-state index is 13.8. The summed E-state index contributed by atoms with van der Waals surface area (Å²) in [5, 5.41) is 33.8. The number of oxime groups is 1. The summed E-state index contributed by atoms with van der Waals surface area (Å²) >= 11 is 2.27. The quantitative estimate of drug-likeness (QED) is 0.0591. The van der Waals surface area contributed by atoms with Crippen molar-refractivity contribution < 1.29 is 29.4 Å². The van der Waals surface area contributed by atoms with Crippen molar-refractivity contribution in [3.05, 3.63) is 147 Å². The van der Waals surface area contributed by atoms with Crippen molar-refractivity contribution in [3.8, 4) is 5.75 Å². The lowest BCUT2D eigenvalue weighted by atomic mass is 9.77. The summed E-state index contributed by atoms with van der Waals surface area (Å²) in [4.78, 5) is 62.3. The van der Waals surface area contributed by atoms with E-state index in [-0.39, 0.29) is 36.1 Å². The van der Waals surface area contributed by atoms with Crippen LogP contribution in [-0.4, -0.2) is 81.5 Å². The lowest BCUT2D eigenvalue weighted by Crippen LogP contribution is -2.71. The summed E-state index contributed by atoms with van der Waals surface area (Å²) in [5.41, 5.74) is 1.02. The van der Waals surface area contributed by atoms with Gasteiger partial charge in [-0.15, -0.1) is 11.8 Å². The molecule has 2 aromatic heterocycles. The number of thioether (sulfide) groups is 1. The Morgan fingerprint density at radius 2 is 1.59 bits per heavy atom. The van der Waals surface area contributed by atoms with Crippen molar-refractivity contribution in [3.63, 3.8) is 0 Å². The first kappa shape index (κ1) is 36.0. The molecule has 2 amide bonds. The maximum Gasteiger partial charge on any atom is 0.352 e. The van der Waals surface area contributed by atoms with Crippen LogP contribution in [0.25, 0.3) is 0 Å². The highest BCUT2D eigenvalue weighted by atomic mass is 32.2. The molecule has 1 saturated heterocycles. The van der Waals surface area contributed by atoms with Gasteiger partial charge in [0.25, 0.3) is 11.8 Å². The number of aromatic hydroxyl groups is 1. The van der Waals surface area contributed by atoms with Gasteiger partial charge in [0.1, 0.15) is 29.3 Å². The Bertz CT molecular complexity index is 2220. The minimum atomic E-state index is -1.35. The molecule has 0 radical (unpaired) electrons. The minimum Gasteiger partial charge on any atom is -0.503 e. The lowest BCUT2D eigenvalue weighted by Gasteiger charge is -2.49. The molecule has 0 aliphatic carbocycles. The molecule has 5 aromatic rings. The van der Waals surface area contributed by atoms with E-state index < -0.39 is 45.9 Å². The number of carboxylic acids is 1. The molecule has 274 valence electrons. The zero-order valence-corrected chi connectivity index (χ0v) is 30.2. The molecule has 1 fully saturated rings. The molecule has 4 N–H and O–H groups in total. The first-order chi connectivity index (χ1) is 26.2. The molecular formula is C37H32N8O7S2. The number of carbonyl (C=O) groups is 3.